The first-order valence-corrected chi connectivity index (χ1v) is 10.8. The molecule has 32 heavy (non-hydrogen) atoms. The van der Waals surface area contributed by atoms with E-state index in [1.54, 1.807) is 17.0 Å². The van der Waals surface area contributed by atoms with E-state index in [0.717, 1.165) is 5.56 Å². The number of hydrogen-bond donors (Lipinski definition) is 1. The van der Waals surface area contributed by atoms with Gasteiger partial charge in [0.1, 0.15) is 23.4 Å². The summed E-state index contributed by atoms with van der Waals surface area (Å²) < 4.78 is 15.8. The van der Waals surface area contributed by atoms with Crippen molar-refractivity contribution in [3.8, 4) is 16.9 Å². The highest BCUT2D eigenvalue weighted by atomic mass is 35.5. The second kappa shape index (κ2) is 8.74. The topological polar surface area (TPSA) is 69.6 Å². The smallest absolute Gasteiger partial charge is 0.246 e. The number of phenols is 1. The molecule has 3 aromatic rings. The van der Waals surface area contributed by atoms with Gasteiger partial charge in [0.2, 0.25) is 5.91 Å². The highest BCUT2D eigenvalue weighted by molar-refractivity contribution is 6.34. The zero-order chi connectivity index (χ0) is 23.0. The highest BCUT2D eigenvalue weighted by Crippen LogP contribution is 2.44. The van der Waals surface area contributed by atoms with Crippen molar-refractivity contribution >= 4 is 34.2 Å². The average molecular weight is 455 g/mol. The minimum Gasteiger partial charge on any atom is -0.507 e. The standard InChI is InChI=1S/C24H24ClFN4O2/c1-4-19(32)29-8-10-30(11-9-29)24-16-12-17(25)21(22(26)23(16)27-13-28-24)20-15(14(2)3)6-5-7-18(20)31/h4-7,12-14,31H,1,8-11H2,2-3H3. The molecule has 0 radical (unpaired) electrons. The van der Waals surface area contributed by atoms with Gasteiger partial charge in [-0.15, -0.1) is 0 Å². The first-order valence-electron chi connectivity index (χ1n) is 10.4. The zero-order valence-electron chi connectivity index (χ0n) is 18.0. The van der Waals surface area contributed by atoms with Crippen LogP contribution in [0.4, 0.5) is 10.2 Å². The lowest BCUT2D eigenvalue weighted by Crippen LogP contribution is -2.48. The number of carbonyl (C=O) groups excluding carboxylic acids is 1. The van der Waals surface area contributed by atoms with Crippen LogP contribution in [0.1, 0.15) is 25.3 Å². The van der Waals surface area contributed by atoms with E-state index in [1.165, 1.54) is 18.5 Å². The van der Waals surface area contributed by atoms with Crippen LogP contribution >= 0.6 is 11.6 Å². The Bertz CT molecular complexity index is 1210. The van der Waals surface area contributed by atoms with E-state index in [1.807, 2.05) is 24.8 Å². The summed E-state index contributed by atoms with van der Waals surface area (Å²) in [7, 11) is 0. The second-order valence-electron chi connectivity index (χ2n) is 8.05. The van der Waals surface area contributed by atoms with Crippen molar-refractivity contribution in [1.29, 1.82) is 0 Å². The molecular formula is C24H24ClFN4O2. The number of carbonyl (C=O) groups is 1. The fourth-order valence-corrected chi connectivity index (χ4v) is 4.46. The van der Waals surface area contributed by atoms with Gasteiger partial charge in [-0.2, -0.15) is 0 Å². The Labute approximate surface area is 191 Å². The molecule has 0 atom stereocenters. The van der Waals surface area contributed by atoms with Gasteiger partial charge in [-0.1, -0.05) is 44.2 Å². The molecule has 1 saturated heterocycles. The molecule has 0 bridgehead atoms. The largest absolute Gasteiger partial charge is 0.507 e. The van der Waals surface area contributed by atoms with Crippen LogP contribution in [0.3, 0.4) is 0 Å². The third-order valence-electron chi connectivity index (χ3n) is 5.81. The zero-order valence-corrected chi connectivity index (χ0v) is 18.7. The third-order valence-corrected chi connectivity index (χ3v) is 6.11. The van der Waals surface area contributed by atoms with Crippen molar-refractivity contribution in [2.75, 3.05) is 31.1 Å². The number of piperazine rings is 1. The van der Waals surface area contributed by atoms with Crippen LogP contribution in [-0.2, 0) is 4.79 Å². The molecule has 6 nitrogen and oxygen atoms in total. The molecule has 1 N–H and O–H groups in total. The molecule has 0 unspecified atom stereocenters. The molecule has 1 aliphatic rings. The van der Waals surface area contributed by atoms with E-state index >= 15 is 4.39 Å². The number of amides is 1. The first-order chi connectivity index (χ1) is 15.3. The molecule has 1 fully saturated rings. The molecule has 2 heterocycles. The lowest BCUT2D eigenvalue weighted by molar-refractivity contribution is -0.126. The van der Waals surface area contributed by atoms with E-state index in [2.05, 4.69) is 16.5 Å². The van der Waals surface area contributed by atoms with Crippen LogP contribution in [0.25, 0.3) is 22.0 Å². The Morgan fingerprint density at radius 2 is 1.94 bits per heavy atom. The molecule has 4 rings (SSSR count). The average Bonchev–Trinajstić information content (AvgIpc) is 2.79. The number of aromatic nitrogens is 2. The monoisotopic (exact) mass is 454 g/mol. The van der Waals surface area contributed by atoms with Crippen LogP contribution < -0.4 is 4.90 Å². The fraction of sp³-hybridized carbons (Fsp3) is 0.292. The van der Waals surface area contributed by atoms with Crippen molar-refractivity contribution in [2.24, 2.45) is 0 Å². The summed E-state index contributed by atoms with van der Waals surface area (Å²) >= 11 is 6.60. The van der Waals surface area contributed by atoms with Gasteiger partial charge in [0.25, 0.3) is 0 Å². The summed E-state index contributed by atoms with van der Waals surface area (Å²) in [6.45, 7) is 9.60. The van der Waals surface area contributed by atoms with Crippen molar-refractivity contribution < 1.29 is 14.3 Å². The number of anilines is 1. The minimum absolute atomic E-state index is 0.0337. The molecular weight excluding hydrogens is 431 g/mol. The predicted molar refractivity (Wildman–Crippen MR) is 125 cm³/mol. The van der Waals surface area contributed by atoms with E-state index in [4.69, 9.17) is 11.6 Å². The van der Waals surface area contributed by atoms with Crippen molar-refractivity contribution in [3.63, 3.8) is 0 Å². The maximum atomic E-state index is 15.8. The fourth-order valence-electron chi connectivity index (χ4n) is 4.18. The Hall–Kier alpha value is -3.19. The molecule has 0 aliphatic carbocycles. The van der Waals surface area contributed by atoms with Gasteiger partial charge in [-0.05, 0) is 29.7 Å². The number of phenolic OH excluding ortho intramolecular Hbond substituents is 1. The number of benzene rings is 2. The van der Waals surface area contributed by atoms with Gasteiger partial charge in [0, 0.05) is 42.7 Å². The van der Waals surface area contributed by atoms with Crippen LogP contribution in [0.5, 0.6) is 5.75 Å². The van der Waals surface area contributed by atoms with E-state index < -0.39 is 5.82 Å². The summed E-state index contributed by atoms with van der Waals surface area (Å²) in [5.41, 5.74) is 1.44. The van der Waals surface area contributed by atoms with Gasteiger partial charge < -0.3 is 14.9 Å². The lowest BCUT2D eigenvalue weighted by atomic mass is 9.91. The van der Waals surface area contributed by atoms with Crippen LogP contribution in [0.15, 0.2) is 43.2 Å². The van der Waals surface area contributed by atoms with Gasteiger partial charge in [0.05, 0.1) is 5.02 Å². The number of aromatic hydroxyl groups is 1. The number of fused-ring (bicyclic) bond motifs is 1. The number of hydrogen-bond acceptors (Lipinski definition) is 5. The third kappa shape index (κ3) is 3.77. The molecule has 1 aliphatic heterocycles. The molecule has 0 spiro atoms. The Kier molecular flexibility index (Phi) is 6.02. The van der Waals surface area contributed by atoms with Gasteiger partial charge in [0.15, 0.2) is 5.82 Å². The van der Waals surface area contributed by atoms with Crippen LogP contribution in [-0.4, -0.2) is 52.1 Å². The maximum Gasteiger partial charge on any atom is 0.246 e. The van der Waals surface area contributed by atoms with Gasteiger partial charge in [-0.3, -0.25) is 4.79 Å². The molecule has 0 saturated carbocycles. The Morgan fingerprint density at radius 1 is 1.22 bits per heavy atom. The minimum atomic E-state index is -0.597. The Morgan fingerprint density at radius 3 is 2.59 bits per heavy atom. The number of rotatable bonds is 4. The number of halogens is 2. The Balaban J connectivity index is 1.81. The molecule has 166 valence electrons. The summed E-state index contributed by atoms with van der Waals surface area (Å²) in [5.74, 6) is -0.124. The second-order valence-corrected chi connectivity index (χ2v) is 8.46. The molecule has 1 amide bonds. The van der Waals surface area contributed by atoms with Gasteiger partial charge >= 0.3 is 0 Å². The summed E-state index contributed by atoms with van der Waals surface area (Å²) in [6.07, 6.45) is 2.63. The van der Waals surface area contributed by atoms with E-state index in [0.29, 0.717) is 42.9 Å². The van der Waals surface area contributed by atoms with Crippen LogP contribution in [0, 0.1) is 5.82 Å². The molecule has 8 heteroatoms. The van der Waals surface area contributed by atoms with Gasteiger partial charge in [-0.25, -0.2) is 14.4 Å². The van der Waals surface area contributed by atoms with E-state index in [9.17, 15) is 9.90 Å². The van der Waals surface area contributed by atoms with Crippen molar-refractivity contribution in [3.05, 3.63) is 59.7 Å². The molecule has 1 aromatic heterocycles. The summed E-state index contributed by atoms with van der Waals surface area (Å²) in [6, 6.07) is 6.77. The number of nitrogens with zero attached hydrogens (tertiary/aromatic N) is 4. The predicted octanol–water partition coefficient (Wildman–Crippen LogP) is 4.75. The quantitative estimate of drug-likeness (QED) is 0.576. The SMILES string of the molecule is C=CC(=O)N1CCN(c2ncnc3c(F)c(-c4c(O)cccc4C(C)C)c(Cl)cc23)CC1. The van der Waals surface area contributed by atoms with E-state index in [-0.39, 0.29) is 33.7 Å². The maximum absolute atomic E-state index is 15.8. The van der Waals surface area contributed by atoms with Crippen molar-refractivity contribution in [2.45, 2.75) is 19.8 Å². The lowest BCUT2D eigenvalue weighted by Gasteiger charge is -2.35. The summed E-state index contributed by atoms with van der Waals surface area (Å²) in [4.78, 5) is 24.1. The first kappa shape index (κ1) is 22.0. The van der Waals surface area contributed by atoms with Crippen molar-refractivity contribution in [1.82, 2.24) is 14.9 Å². The summed E-state index contributed by atoms with van der Waals surface area (Å²) in [5, 5.41) is 11.2. The molecule has 2 aromatic carbocycles. The van der Waals surface area contributed by atoms with Crippen LogP contribution in [0.2, 0.25) is 5.02 Å². The normalized spacial score (nSPS) is 14.3. The highest BCUT2D eigenvalue weighted by Gasteiger charge is 2.26.